The van der Waals surface area contributed by atoms with E-state index in [4.69, 9.17) is 11.6 Å². The highest BCUT2D eigenvalue weighted by Gasteiger charge is 2.21. The lowest BCUT2D eigenvalue weighted by atomic mass is 10.1. The molecule has 7 nitrogen and oxygen atoms in total. The van der Waals surface area contributed by atoms with Gasteiger partial charge in [0.1, 0.15) is 0 Å². The molecule has 2 aromatic carbocycles. The molecule has 0 aliphatic heterocycles. The topological polar surface area (TPSA) is 66.2 Å². The molecule has 0 N–H and O–H groups in total. The van der Waals surface area contributed by atoms with Gasteiger partial charge in [0.2, 0.25) is 5.78 Å². The molecule has 0 spiro atoms. The van der Waals surface area contributed by atoms with Crippen LogP contribution in [-0.4, -0.2) is 23.1 Å². The van der Waals surface area contributed by atoms with Crippen molar-refractivity contribution in [3.8, 4) is 16.9 Å². The van der Waals surface area contributed by atoms with E-state index in [9.17, 15) is 9.59 Å². The van der Waals surface area contributed by atoms with Crippen LogP contribution in [0.5, 0.6) is 0 Å². The van der Waals surface area contributed by atoms with Gasteiger partial charge in [0, 0.05) is 36.6 Å². The molecule has 5 aromatic rings. The summed E-state index contributed by atoms with van der Waals surface area (Å²) in [5.41, 5.74) is 3.76. The number of imidazole rings is 2. The third-order valence-electron chi connectivity index (χ3n) is 5.40. The fourth-order valence-corrected chi connectivity index (χ4v) is 3.87. The van der Waals surface area contributed by atoms with Crippen LogP contribution in [0.15, 0.2) is 64.3 Å². The first kappa shape index (κ1) is 18.4. The second-order valence-electron chi connectivity index (χ2n) is 7.35. The lowest BCUT2D eigenvalue weighted by molar-refractivity contribution is 0.708. The van der Waals surface area contributed by atoms with Crippen LogP contribution in [0.4, 0.5) is 0 Å². The van der Waals surface area contributed by atoms with E-state index < -0.39 is 5.69 Å². The van der Waals surface area contributed by atoms with Crippen molar-refractivity contribution in [1.29, 1.82) is 0 Å². The molecule has 0 aliphatic carbocycles. The van der Waals surface area contributed by atoms with E-state index in [1.54, 1.807) is 11.4 Å². The van der Waals surface area contributed by atoms with Gasteiger partial charge in [0.15, 0.2) is 11.2 Å². The van der Waals surface area contributed by atoms with Crippen LogP contribution in [0, 0.1) is 6.92 Å². The SMILES string of the molecule is Cc1ccc(-c2cn3c4c(=O)n(C)c(=O)n(C)c4nc3n2-c2ccc(Cl)cc2)cc1. The molecule has 8 heteroatoms. The van der Waals surface area contributed by atoms with Gasteiger partial charge in [-0.15, -0.1) is 0 Å². The molecule has 0 saturated carbocycles. The Morgan fingerprint density at radius 1 is 0.900 bits per heavy atom. The Balaban J connectivity index is 1.95. The summed E-state index contributed by atoms with van der Waals surface area (Å²) in [5.74, 6) is 0.543. The van der Waals surface area contributed by atoms with Crippen molar-refractivity contribution in [2.75, 3.05) is 0 Å². The first-order chi connectivity index (χ1) is 14.4. The quantitative estimate of drug-likeness (QED) is 0.441. The summed E-state index contributed by atoms with van der Waals surface area (Å²) in [6, 6.07) is 15.6. The van der Waals surface area contributed by atoms with Crippen LogP contribution in [0.1, 0.15) is 5.56 Å². The number of benzene rings is 2. The van der Waals surface area contributed by atoms with Gasteiger partial charge in [-0.05, 0) is 31.2 Å². The van der Waals surface area contributed by atoms with Gasteiger partial charge < -0.3 is 0 Å². The number of fused-ring (bicyclic) bond motifs is 3. The second-order valence-corrected chi connectivity index (χ2v) is 7.79. The van der Waals surface area contributed by atoms with E-state index in [2.05, 4.69) is 4.98 Å². The lowest BCUT2D eigenvalue weighted by Crippen LogP contribution is -2.37. The molecule has 0 amide bonds. The zero-order chi connectivity index (χ0) is 21.2. The molecule has 150 valence electrons. The Hall–Kier alpha value is -3.58. The molecular weight excluding hydrogens is 402 g/mol. The smallest absolute Gasteiger partial charge is 0.279 e. The molecule has 0 atom stereocenters. The summed E-state index contributed by atoms with van der Waals surface area (Å²) < 4.78 is 6.20. The maximum Gasteiger partial charge on any atom is 0.332 e. The number of hydrogen-bond donors (Lipinski definition) is 0. The highest BCUT2D eigenvalue weighted by Crippen LogP contribution is 2.29. The first-order valence-corrected chi connectivity index (χ1v) is 9.77. The highest BCUT2D eigenvalue weighted by molar-refractivity contribution is 6.30. The number of halogens is 1. The van der Waals surface area contributed by atoms with Crippen molar-refractivity contribution in [3.05, 3.63) is 86.2 Å². The standard InChI is InChI=1S/C22H18ClN5O2/c1-13-4-6-14(7-5-13)17-12-27-18-19(25(2)22(30)26(3)20(18)29)24-21(27)28(17)16-10-8-15(23)9-11-16/h4-12H,1-3H3. The predicted octanol–water partition coefficient (Wildman–Crippen LogP) is 3.30. The summed E-state index contributed by atoms with van der Waals surface area (Å²) in [6.45, 7) is 2.03. The van der Waals surface area contributed by atoms with Crippen LogP contribution < -0.4 is 11.2 Å². The van der Waals surface area contributed by atoms with Crippen molar-refractivity contribution in [2.24, 2.45) is 14.1 Å². The maximum atomic E-state index is 12.9. The molecule has 0 radical (unpaired) electrons. The average molecular weight is 420 g/mol. The molecule has 5 rings (SSSR count). The fraction of sp³-hybridized carbons (Fsp3) is 0.136. The minimum Gasteiger partial charge on any atom is -0.279 e. The van der Waals surface area contributed by atoms with Gasteiger partial charge in [-0.3, -0.25) is 22.9 Å². The summed E-state index contributed by atoms with van der Waals surface area (Å²) >= 11 is 6.09. The predicted molar refractivity (Wildman–Crippen MR) is 118 cm³/mol. The fourth-order valence-electron chi connectivity index (χ4n) is 3.74. The van der Waals surface area contributed by atoms with Gasteiger partial charge in [0.05, 0.1) is 5.69 Å². The molecule has 0 fully saturated rings. The van der Waals surface area contributed by atoms with Gasteiger partial charge >= 0.3 is 5.69 Å². The Labute approximate surface area is 176 Å². The summed E-state index contributed by atoms with van der Waals surface area (Å²) in [4.78, 5) is 30.0. The zero-order valence-corrected chi connectivity index (χ0v) is 17.4. The van der Waals surface area contributed by atoms with Gasteiger partial charge in [-0.25, -0.2) is 4.79 Å². The average Bonchev–Trinajstić information content (AvgIpc) is 3.28. The second kappa shape index (κ2) is 6.47. The number of aryl methyl sites for hydroxylation is 2. The largest absolute Gasteiger partial charge is 0.332 e. The van der Waals surface area contributed by atoms with E-state index in [1.165, 1.54) is 11.6 Å². The highest BCUT2D eigenvalue weighted by atomic mass is 35.5. The third kappa shape index (κ3) is 2.55. The Kier molecular flexibility index (Phi) is 3.98. The van der Waals surface area contributed by atoms with Crippen molar-refractivity contribution >= 4 is 28.5 Å². The summed E-state index contributed by atoms with van der Waals surface area (Å²) in [6.07, 6.45) is 1.88. The number of aromatic nitrogens is 5. The van der Waals surface area contributed by atoms with Crippen LogP contribution in [0.2, 0.25) is 5.02 Å². The molecule has 0 unspecified atom stereocenters. The Bertz CT molecular complexity index is 1550. The van der Waals surface area contributed by atoms with Crippen molar-refractivity contribution < 1.29 is 0 Å². The van der Waals surface area contributed by atoms with Gasteiger partial charge in [0.25, 0.3) is 5.56 Å². The maximum absolute atomic E-state index is 12.9. The van der Waals surface area contributed by atoms with Crippen LogP contribution in [0.25, 0.3) is 33.9 Å². The van der Waals surface area contributed by atoms with E-state index >= 15 is 0 Å². The summed E-state index contributed by atoms with van der Waals surface area (Å²) in [7, 11) is 3.09. The van der Waals surface area contributed by atoms with Crippen molar-refractivity contribution in [2.45, 2.75) is 6.92 Å². The number of nitrogens with zero attached hydrogens (tertiary/aromatic N) is 5. The van der Waals surface area contributed by atoms with Crippen LogP contribution in [0.3, 0.4) is 0 Å². The molecule has 3 aromatic heterocycles. The first-order valence-electron chi connectivity index (χ1n) is 9.39. The summed E-state index contributed by atoms with van der Waals surface area (Å²) in [5, 5.41) is 0.628. The van der Waals surface area contributed by atoms with E-state index in [0.717, 1.165) is 27.1 Å². The van der Waals surface area contributed by atoms with Crippen LogP contribution >= 0.6 is 11.6 Å². The third-order valence-corrected chi connectivity index (χ3v) is 5.65. The van der Waals surface area contributed by atoms with Crippen molar-refractivity contribution in [1.82, 2.24) is 23.1 Å². The lowest BCUT2D eigenvalue weighted by Gasteiger charge is -2.09. The van der Waals surface area contributed by atoms with Gasteiger partial charge in [-0.2, -0.15) is 4.98 Å². The number of rotatable bonds is 2. The van der Waals surface area contributed by atoms with E-state index in [-0.39, 0.29) is 5.56 Å². The molecule has 3 heterocycles. The van der Waals surface area contributed by atoms with Crippen LogP contribution in [-0.2, 0) is 14.1 Å². The Morgan fingerprint density at radius 3 is 2.23 bits per heavy atom. The molecule has 30 heavy (non-hydrogen) atoms. The minimum atomic E-state index is -0.412. The molecular formula is C22H18ClN5O2. The van der Waals surface area contributed by atoms with E-state index in [0.29, 0.717) is 22.0 Å². The number of hydrogen-bond acceptors (Lipinski definition) is 3. The minimum absolute atomic E-state index is 0.344. The monoisotopic (exact) mass is 419 g/mol. The van der Waals surface area contributed by atoms with Crippen molar-refractivity contribution in [3.63, 3.8) is 0 Å². The zero-order valence-electron chi connectivity index (χ0n) is 16.6. The molecule has 0 saturated heterocycles. The molecule has 0 bridgehead atoms. The molecule has 0 aliphatic rings. The normalized spacial score (nSPS) is 11.6. The van der Waals surface area contributed by atoms with Gasteiger partial charge in [-0.1, -0.05) is 41.4 Å². The Morgan fingerprint density at radius 2 is 1.57 bits per heavy atom. The van der Waals surface area contributed by atoms with E-state index in [1.807, 2.05) is 66.2 Å².